The van der Waals surface area contributed by atoms with Crippen LogP contribution in [0.3, 0.4) is 0 Å². The van der Waals surface area contributed by atoms with Crippen molar-refractivity contribution in [2.45, 2.75) is 13.3 Å². The van der Waals surface area contributed by atoms with Gasteiger partial charge in [0.1, 0.15) is 5.82 Å². The van der Waals surface area contributed by atoms with Crippen LogP contribution in [0.25, 0.3) is 27.7 Å². The van der Waals surface area contributed by atoms with E-state index >= 15 is 0 Å². The van der Waals surface area contributed by atoms with Crippen LogP contribution in [-0.2, 0) is 6.42 Å². The number of H-pyrrole nitrogens is 1. The maximum Gasteiger partial charge on any atom is 0.111 e. The van der Waals surface area contributed by atoms with Crippen LogP contribution >= 0.6 is 0 Å². The SMILES string of the molecule is C=C(/C=C(Cc1nc2c(-c3ccncc3)cncc2[nH]1)\C(=C/C)NC)c1cncc(N)c1. The van der Waals surface area contributed by atoms with Crippen LogP contribution in [0.1, 0.15) is 18.3 Å². The van der Waals surface area contributed by atoms with E-state index in [9.17, 15) is 0 Å². The molecule has 0 radical (unpaired) electrons. The number of anilines is 1. The average molecular weight is 424 g/mol. The van der Waals surface area contributed by atoms with Gasteiger partial charge in [0.2, 0.25) is 0 Å². The smallest absolute Gasteiger partial charge is 0.111 e. The standard InChI is InChI=1S/C25H25N7/c1-4-22(27-3)18(9-16(2)19-10-20(26)13-29-12-19)11-24-31-23-15-30-14-21(25(23)32-24)17-5-7-28-8-6-17/h4-10,12-15,27H,2,11,26H2,1,3H3,(H,31,32)/b18-9-,22-4+. The molecule has 4 aromatic heterocycles. The van der Waals surface area contributed by atoms with E-state index in [-0.39, 0.29) is 0 Å². The Bertz CT molecular complexity index is 1320. The fraction of sp³-hybridized carbons (Fsp3) is 0.120. The lowest BCUT2D eigenvalue weighted by Gasteiger charge is -2.12. The third kappa shape index (κ3) is 4.41. The predicted molar refractivity (Wildman–Crippen MR) is 129 cm³/mol. The molecule has 0 aromatic carbocycles. The zero-order valence-electron chi connectivity index (χ0n) is 18.1. The van der Waals surface area contributed by atoms with Crippen LogP contribution in [0, 0.1) is 0 Å². The molecule has 0 saturated heterocycles. The van der Waals surface area contributed by atoms with Crippen molar-refractivity contribution in [1.82, 2.24) is 30.2 Å². The molecule has 0 unspecified atom stereocenters. The number of nitrogens with two attached hydrogens (primary N) is 1. The first kappa shape index (κ1) is 21.0. The molecule has 0 amide bonds. The number of hydrogen-bond acceptors (Lipinski definition) is 6. The molecule has 0 spiro atoms. The first-order valence-corrected chi connectivity index (χ1v) is 10.3. The lowest BCUT2D eigenvalue weighted by Crippen LogP contribution is -2.11. The van der Waals surface area contributed by atoms with Crippen molar-refractivity contribution in [3.63, 3.8) is 0 Å². The summed E-state index contributed by atoms with van der Waals surface area (Å²) in [6.07, 6.45) is 15.2. The van der Waals surface area contributed by atoms with Crippen LogP contribution < -0.4 is 11.1 Å². The van der Waals surface area contributed by atoms with E-state index in [2.05, 4.69) is 31.8 Å². The van der Waals surface area contributed by atoms with Gasteiger partial charge in [0, 0.05) is 61.3 Å². The Morgan fingerprint density at radius 3 is 2.62 bits per heavy atom. The third-order valence-electron chi connectivity index (χ3n) is 5.18. The quantitative estimate of drug-likeness (QED) is 0.383. The molecule has 0 aliphatic rings. The summed E-state index contributed by atoms with van der Waals surface area (Å²) in [5, 5.41) is 3.26. The van der Waals surface area contributed by atoms with E-state index in [1.54, 1.807) is 31.0 Å². The zero-order valence-corrected chi connectivity index (χ0v) is 18.1. The van der Waals surface area contributed by atoms with Crippen LogP contribution in [-0.4, -0.2) is 32.0 Å². The molecule has 0 bridgehead atoms. The summed E-state index contributed by atoms with van der Waals surface area (Å²) < 4.78 is 0. The van der Waals surface area contributed by atoms with Crippen molar-refractivity contribution >= 4 is 22.3 Å². The topological polar surface area (TPSA) is 105 Å². The maximum atomic E-state index is 5.90. The Kier molecular flexibility index (Phi) is 6.07. The van der Waals surface area contributed by atoms with Gasteiger partial charge in [-0.15, -0.1) is 0 Å². The summed E-state index contributed by atoms with van der Waals surface area (Å²) in [6.45, 7) is 6.22. The summed E-state index contributed by atoms with van der Waals surface area (Å²) >= 11 is 0. The highest BCUT2D eigenvalue weighted by Crippen LogP contribution is 2.27. The van der Waals surface area contributed by atoms with Crippen molar-refractivity contribution in [3.8, 4) is 11.1 Å². The van der Waals surface area contributed by atoms with Crippen molar-refractivity contribution < 1.29 is 0 Å². The number of imidazole rings is 1. The van der Waals surface area contributed by atoms with Gasteiger partial charge >= 0.3 is 0 Å². The van der Waals surface area contributed by atoms with Gasteiger partial charge in [-0.1, -0.05) is 12.7 Å². The summed E-state index contributed by atoms with van der Waals surface area (Å²) in [6, 6.07) is 5.78. The Morgan fingerprint density at radius 2 is 1.91 bits per heavy atom. The number of nitrogens with zero attached hydrogens (tertiary/aromatic N) is 4. The Hall–Kier alpha value is -4.26. The molecule has 160 valence electrons. The minimum atomic E-state index is 0.583. The number of allylic oxidation sites excluding steroid dienone is 4. The normalized spacial score (nSPS) is 12.2. The van der Waals surface area contributed by atoms with E-state index in [4.69, 9.17) is 10.7 Å². The second-order valence-electron chi connectivity index (χ2n) is 7.33. The number of nitrogen functional groups attached to an aromatic ring is 1. The molecule has 0 saturated carbocycles. The lowest BCUT2D eigenvalue weighted by molar-refractivity contribution is 0.933. The lowest BCUT2D eigenvalue weighted by atomic mass is 10.0. The number of rotatable bonds is 7. The molecular weight excluding hydrogens is 398 g/mol. The van der Waals surface area contributed by atoms with Crippen molar-refractivity contribution in [1.29, 1.82) is 0 Å². The molecule has 0 aliphatic carbocycles. The van der Waals surface area contributed by atoms with Crippen molar-refractivity contribution in [2.24, 2.45) is 0 Å². The van der Waals surface area contributed by atoms with Crippen molar-refractivity contribution in [3.05, 3.63) is 96.8 Å². The van der Waals surface area contributed by atoms with Gasteiger partial charge in [-0.05, 0) is 47.9 Å². The van der Waals surface area contributed by atoms with E-state index in [0.717, 1.165) is 50.4 Å². The van der Waals surface area contributed by atoms with Gasteiger partial charge in [0.15, 0.2) is 0 Å². The number of hydrogen-bond donors (Lipinski definition) is 3. The zero-order chi connectivity index (χ0) is 22.5. The second-order valence-corrected chi connectivity index (χ2v) is 7.33. The van der Waals surface area contributed by atoms with E-state index in [0.29, 0.717) is 12.1 Å². The number of aromatic amines is 1. The van der Waals surface area contributed by atoms with Crippen LogP contribution in [0.2, 0.25) is 0 Å². The number of fused-ring (bicyclic) bond motifs is 1. The molecule has 32 heavy (non-hydrogen) atoms. The predicted octanol–water partition coefficient (Wildman–Crippen LogP) is 4.30. The van der Waals surface area contributed by atoms with Gasteiger partial charge in [0.05, 0.1) is 22.9 Å². The van der Waals surface area contributed by atoms with Gasteiger partial charge in [-0.2, -0.15) is 0 Å². The summed E-state index contributed by atoms with van der Waals surface area (Å²) in [5.41, 5.74) is 14.0. The minimum absolute atomic E-state index is 0.583. The monoisotopic (exact) mass is 423 g/mol. The van der Waals surface area contributed by atoms with Gasteiger partial charge in [-0.25, -0.2) is 4.98 Å². The first-order valence-electron chi connectivity index (χ1n) is 10.3. The molecule has 0 fully saturated rings. The first-order chi connectivity index (χ1) is 15.6. The third-order valence-corrected chi connectivity index (χ3v) is 5.18. The maximum absolute atomic E-state index is 5.90. The summed E-state index contributed by atoms with van der Waals surface area (Å²) in [5.74, 6) is 0.836. The van der Waals surface area contributed by atoms with Crippen molar-refractivity contribution in [2.75, 3.05) is 12.8 Å². The van der Waals surface area contributed by atoms with Crippen LogP contribution in [0.4, 0.5) is 5.69 Å². The number of aromatic nitrogens is 5. The van der Waals surface area contributed by atoms with Gasteiger partial charge < -0.3 is 16.0 Å². The molecule has 4 aromatic rings. The highest BCUT2D eigenvalue weighted by molar-refractivity contribution is 5.91. The summed E-state index contributed by atoms with van der Waals surface area (Å²) in [4.78, 5) is 21.0. The largest absolute Gasteiger partial charge is 0.397 e. The number of nitrogens with one attached hydrogen (secondary N) is 2. The molecule has 4 heterocycles. The molecular formula is C25H25N7. The fourth-order valence-electron chi connectivity index (χ4n) is 3.63. The fourth-order valence-corrected chi connectivity index (χ4v) is 3.63. The van der Waals surface area contributed by atoms with E-state index in [1.165, 1.54) is 0 Å². The number of likely N-dealkylation sites (N-methyl/N-ethyl adjacent to an activating group) is 1. The average Bonchev–Trinajstić information content (AvgIpc) is 3.23. The van der Waals surface area contributed by atoms with Crippen LogP contribution in [0.5, 0.6) is 0 Å². The van der Waals surface area contributed by atoms with E-state index < -0.39 is 0 Å². The minimum Gasteiger partial charge on any atom is -0.397 e. The highest BCUT2D eigenvalue weighted by Gasteiger charge is 2.13. The molecule has 0 aliphatic heterocycles. The molecule has 0 atom stereocenters. The number of pyridine rings is 3. The Labute approximate surface area is 186 Å². The second kappa shape index (κ2) is 9.26. The summed E-state index contributed by atoms with van der Waals surface area (Å²) in [7, 11) is 1.90. The highest BCUT2D eigenvalue weighted by atomic mass is 14.9. The molecule has 7 heteroatoms. The molecule has 4 N–H and O–H groups in total. The molecule has 4 rings (SSSR count). The van der Waals surface area contributed by atoms with Crippen LogP contribution in [0.15, 0.2) is 85.4 Å². The Morgan fingerprint density at radius 1 is 1.12 bits per heavy atom. The molecule has 7 nitrogen and oxygen atoms in total. The van der Waals surface area contributed by atoms with Gasteiger partial charge in [-0.3, -0.25) is 15.0 Å². The Balaban J connectivity index is 1.72. The van der Waals surface area contributed by atoms with Gasteiger partial charge in [0.25, 0.3) is 0 Å². The van der Waals surface area contributed by atoms with E-state index in [1.807, 2.05) is 50.5 Å².